The lowest BCUT2D eigenvalue weighted by atomic mass is 10.1. The fraction of sp³-hybridized carbons (Fsp3) is 0.241. The number of esters is 1. The Morgan fingerprint density at radius 2 is 1.23 bits per heavy atom. The van der Waals surface area contributed by atoms with Crippen LogP contribution in [0.25, 0.3) is 6.08 Å². The number of hydrogen-bond donors (Lipinski definition) is 0. The molecule has 0 unspecified atom stereocenters. The summed E-state index contributed by atoms with van der Waals surface area (Å²) in [4.78, 5) is 26.1. The Morgan fingerprint density at radius 3 is 1.72 bits per heavy atom. The van der Waals surface area contributed by atoms with Gasteiger partial charge < -0.3 is 37.9 Å². The average molecular weight is 537 g/mol. The van der Waals surface area contributed by atoms with Crippen LogP contribution >= 0.6 is 0 Å². The van der Waals surface area contributed by atoms with Crippen molar-refractivity contribution >= 4 is 17.8 Å². The molecule has 3 aromatic carbocycles. The number of ether oxygens (including phenoxy) is 8. The molecule has 0 atom stereocenters. The van der Waals surface area contributed by atoms with Crippen molar-refractivity contribution in [2.75, 3.05) is 42.7 Å². The molecule has 0 saturated heterocycles. The van der Waals surface area contributed by atoms with Crippen molar-refractivity contribution in [3.05, 3.63) is 64.4 Å². The van der Waals surface area contributed by atoms with Crippen molar-refractivity contribution in [3.8, 4) is 46.0 Å². The Hall–Kier alpha value is -4.86. The summed E-state index contributed by atoms with van der Waals surface area (Å²) in [6, 6.07) is 9.48. The smallest absolute Gasteiger partial charge is 0.343 e. The number of methoxy groups -OCH3 is 6. The van der Waals surface area contributed by atoms with Gasteiger partial charge >= 0.3 is 5.97 Å². The molecule has 0 bridgehead atoms. The van der Waals surface area contributed by atoms with Crippen LogP contribution in [0.3, 0.4) is 0 Å². The first kappa shape index (κ1) is 27.2. The van der Waals surface area contributed by atoms with Crippen molar-refractivity contribution in [3.63, 3.8) is 0 Å². The normalized spacial score (nSPS) is 12.9. The van der Waals surface area contributed by atoms with Crippen LogP contribution in [0.1, 0.15) is 31.8 Å². The van der Waals surface area contributed by atoms with E-state index in [-0.39, 0.29) is 22.9 Å². The molecule has 3 aromatic rings. The van der Waals surface area contributed by atoms with Gasteiger partial charge in [0.2, 0.25) is 17.3 Å². The molecule has 1 heterocycles. The minimum atomic E-state index is -0.658. The first-order valence-electron chi connectivity index (χ1n) is 11.7. The van der Waals surface area contributed by atoms with E-state index in [1.165, 1.54) is 54.8 Å². The summed E-state index contributed by atoms with van der Waals surface area (Å²) in [6.45, 7) is 1.70. The lowest BCUT2D eigenvalue weighted by Gasteiger charge is -2.14. The predicted octanol–water partition coefficient (Wildman–Crippen LogP) is 4.88. The maximum absolute atomic E-state index is 13.1. The molecule has 0 spiro atoms. The quantitative estimate of drug-likeness (QED) is 0.213. The van der Waals surface area contributed by atoms with E-state index in [2.05, 4.69) is 0 Å². The van der Waals surface area contributed by atoms with Crippen molar-refractivity contribution in [1.29, 1.82) is 0 Å². The molecule has 0 N–H and O–H groups in total. The molecule has 10 nitrogen and oxygen atoms in total. The molecule has 10 heteroatoms. The molecular formula is C29H28O10. The van der Waals surface area contributed by atoms with Crippen LogP contribution in [0.5, 0.6) is 46.0 Å². The molecule has 0 amide bonds. The standard InChI is InChI=1S/C29H28O10/c1-15-19(39-29(31)17-13-23(34-4)28(37-7)24(14-17)35-5)9-8-18-25(30)20(38-26(15)18)10-16-11-21(32-2)27(36-6)22(12-16)33-3/h8-14H,1-7H3/b20-10-. The van der Waals surface area contributed by atoms with E-state index in [0.29, 0.717) is 56.9 Å². The van der Waals surface area contributed by atoms with E-state index in [0.717, 1.165) is 0 Å². The topological polar surface area (TPSA) is 108 Å². The molecular weight excluding hydrogens is 508 g/mol. The third-order valence-corrected chi connectivity index (χ3v) is 6.12. The lowest BCUT2D eigenvalue weighted by molar-refractivity contribution is 0.0732. The van der Waals surface area contributed by atoms with Crippen LogP contribution in [0.15, 0.2) is 42.2 Å². The Morgan fingerprint density at radius 1 is 0.718 bits per heavy atom. The van der Waals surface area contributed by atoms with Gasteiger partial charge in [-0.25, -0.2) is 4.79 Å². The fourth-order valence-corrected chi connectivity index (χ4v) is 4.17. The number of carbonyl (C=O) groups excluding carboxylic acids is 2. The van der Waals surface area contributed by atoms with Crippen molar-refractivity contribution in [1.82, 2.24) is 0 Å². The summed E-state index contributed by atoms with van der Waals surface area (Å²) in [5.74, 6) is 1.92. The van der Waals surface area contributed by atoms with Crippen LogP contribution in [0.2, 0.25) is 0 Å². The molecule has 0 radical (unpaired) electrons. The second-order valence-corrected chi connectivity index (χ2v) is 8.27. The maximum Gasteiger partial charge on any atom is 0.343 e. The molecule has 1 aliphatic rings. The van der Waals surface area contributed by atoms with Crippen LogP contribution in [0.4, 0.5) is 0 Å². The molecule has 204 valence electrons. The van der Waals surface area contributed by atoms with Gasteiger partial charge in [0.25, 0.3) is 0 Å². The fourth-order valence-electron chi connectivity index (χ4n) is 4.17. The molecule has 0 aliphatic carbocycles. The third-order valence-electron chi connectivity index (χ3n) is 6.12. The monoisotopic (exact) mass is 536 g/mol. The number of benzene rings is 3. The minimum Gasteiger partial charge on any atom is -0.493 e. The Bertz CT molecular complexity index is 1420. The van der Waals surface area contributed by atoms with Crippen molar-refractivity contribution < 1.29 is 47.5 Å². The Balaban J connectivity index is 1.64. The van der Waals surface area contributed by atoms with Crippen molar-refractivity contribution in [2.24, 2.45) is 0 Å². The molecule has 0 aromatic heterocycles. The van der Waals surface area contributed by atoms with E-state index < -0.39 is 5.97 Å². The molecule has 1 aliphatic heterocycles. The predicted molar refractivity (Wildman–Crippen MR) is 141 cm³/mol. The zero-order chi connectivity index (χ0) is 28.3. The largest absolute Gasteiger partial charge is 0.493 e. The third kappa shape index (κ3) is 5.00. The van der Waals surface area contributed by atoms with E-state index in [1.807, 2.05) is 0 Å². The Labute approximate surface area is 225 Å². The van der Waals surface area contributed by atoms with Gasteiger partial charge in [0.05, 0.1) is 53.8 Å². The summed E-state index contributed by atoms with van der Waals surface area (Å²) < 4.78 is 43.7. The lowest BCUT2D eigenvalue weighted by Crippen LogP contribution is -2.10. The highest BCUT2D eigenvalue weighted by atomic mass is 16.5. The van der Waals surface area contributed by atoms with Gasteiger partial charge in [0.1, 0.15) is 11.5 Å². The zero-order valence-corrected chi connectivity index (χ0v) is 22.6. The second-order valence-electron chi connectivity index (χ2n) is 8.27. The van der Waals surface area contributed by atoms with Gasteiger partial charge in [0.15, 0.2) is 28.8 Å². The highest BCUT2D eigenvalue weighted by Gasteiger charge is 2.31. The molecule has 4 rings (SSSR count). The van der Waals surface area contributed by atoms with Gasteiger partial charge in [-0.2, -0.15) is 0 Å². The minimum absolute atomic E-state index is 0.0930. The number of Topliss-reactive ketones (excluding diaryl/α,β-unsaturated/α-hetero) is 1. The van der Waals surface area contributed by atoms with Gasteiger partial charge in [-0.1, -0.05) is 0 Å². The van der Waals surface area contributed by atoms with Gasteiger partial charge in [0, 0.05) is 5.56 Å². The summed E-state index contributed by atoms with van der Waals surface area (Å²) in [6.07, 6.45) is 1.58. The number of hydrogen-bond acceptors (Lipinski definition) is 10. The number of carbonyl (C=O) groups is 2. The first-order valence-corrected chi connectivity index (χ1v) is 11.7. The van der Waals surface area contributed by atoms with Crippen LogP contribution in [-0.4, -0.2) is 54.4 Å². The summed E-state index contributed by atoms with van der Waals surface area (Å²) in [7, 11) is 8.89. The summed E-state index contributed by atoms with van der Waals surface area (Å²) in [5, 5.41) is 0. The Kier molecular flexibility index (Phi) is 7.85. The summed E-state index contributed by atoms with van der Waals surface area (Å²) >= 11 is 0. The zero-order valence-electron chi connectivity index (χ0n) is 22.6. The average Bonchev–Trinajstić information content (AvgIpc) is 3.27. The molecule has 0 fully saturated rings. The molecule has 39 heavy (non-hydrogen) atoms. The van der Waals surface area contributed by atoms with Gasteiger partial charge in [-0.15, -0.1) is 0 Å². The number of allylic oxidation sites excluding steroid dienone is 1. The van der Waals surface area contributed by atoms with E-state index in [4.69, 9.17) is 37.9 Å². The van der Waals surface area contributed by atoms with E-state index in [1.54, 1.807) is 37.3 Å². The number of rotatable bonds is 9. The van der Waals surface area contributed by atoms with E-state index in [9.17, 15) is 9.59 Å². The van der Waals surface area contributed by atoms with Gasteiger partial charge in [-0.05, 0) is 55.0 Å². The first-order chi connectivity index (χ1) is 18.8. The molecule has 0 saturated carbocycles. The van der Waals surface area contributed by atoms with Crippen molar-refractivity contribution in [2.45, 2.75) is 6.92 Å². The SMILES string of the molecule is COc1cc(/C=C2\Oc3c(ccc(OC(=O)c4cc(OC)c(OC)c(OC)c4)c3C)C2=O)cc(OC)c1OC. The van der Waals surface area contributed by atoms with Crippen LogP contribution in [-0.2, 0) is 0 Å². The van der Waals surface area contributed by atoms with Crippen LogP contribution < -0.4 is 37.9 Å². The van der Waals surface area contributed by atoms with E-state index >= 15 is 0 Å². The van der Waals surface area contributed by atoms with Gasteiger partial charge in [-0.3, -0.25) is 4.79 Å². The summed E-state index contributed by atoms with van der Waals surface area (Å²) in [5.41, 5.74) is 1.62. The van der Waals surface area contributed by atoms with Crippen LogP contribution in [0, 0.1) is 6.92 Å². The second kappa shape index (κ2) is 11.3. The number of fused-ring (bicyclic) bond motifs is 1. The maximum atomic E-state index is 13.1. The number of ketones is 1. The highest BCUT2D eigenvalue weighted by molar-refractivity contribution is 6.15. The highest BCUT2D eigenvalue weighted by Crippen LogP contribution is 2.42.